The minimum absolute atomic E-state index is 0.0481. The second kappa shape index (κ2) is 10.8. The Morgan fingerprint density at radius 2 is 1.86 bits per heavy atom. The molecule has 0 saturated heterocycles. The standard InChI is InChI=1S/C24H24F4N2O6/c1-14-10-17-16(12-29(14)23(33)34)11-18(36-9-8-15-6-4-3-5-7-15)21(20(17)25)30(13-19(31)35-2)22(32)24(26,27)28/h3-7,11,14H,8-10,12-13H2,1-2H3,(H,33,34)/t14-/m0/s1. The van der Waals surface area contributed by atoms with Crippen molar-refractivity contribution in [3.05, 3.63) is 58.9 Å². The highest BCUT2D eigenvalue weighted by Gasteiger charge is 2.46. The third-order valence-corrected chi connectivity index (χ3v) is 5.78. The molecular weight excluding hydrogens is 488 g/mol. The molecule has 1 aliphatic rings. The van der Waals surface area contributed by atoms with Crippen LogP contribution in [0.15, 0.2) is 36.4 Å². The third kappa shape index (κ3) is 5.86. The molecule has 1 atom stereocenters. The Bertz CT molecular complexity index is 1140. The van der Waals surface area contributed by atoms with Crippen LogP contribution in [0.5, 0.6) is 5.75 Å². The molecule has 2 aromatic rings. The summed E-state index contributed by atoms with van der Waals surface area (Å²) in [6.45, 7) is -0.0210. The molecule has 1 heterocycles. The molecule has 194 valence electrons. The van der Waals surface area contributed by atoms with E-state index in [0.29, 0.717) is 6.42 Å². The predicted octanol–water partition coefficient (Wildman–Crippen LogP) is 3.94. The van der Waals surface area contributed by atoms with Crippen molar-refractivity contribution >= 4 is 23.7 Å². The van der Waals surface area contributed by atoms with Gasteiger partial charge in [-0.2, -0.15) is 13.2 Å². The van der Waals surface area contributed by atoms with E-state index in [1.165, 1.54) is 13.0 Å². The summed E-state index contributed by atoms with van der Waals surface area (Å²) in [6, 6.07) is 9.47. The van der Waals surface area contributed by atoms with Crippen molar-refractivity contribution in [3.63, 3.8) is 0 Å². The van der Waals surface area contributed by atoms with Gasteiger partial charge in [-0.05, 0) is 36.1 Å². The van der Waals surface area contributed by atoms with E-state index in [2.05, 4.69) is 4.74 Å². The highest BCUT2D eigenvalue weighted by atomic mass is 19.4. The van der Waals surface area contributed by atoms with Crippen molar-refractivity contribution in [3.8, 4) is 5.75 Å². The van der Waals surface area contributed by atoms with Crippen molar-refractivity contribution in [2.24, 2.45) is 0 Å². The van der Waals surface area contributed by atoms with Crippen LogP contribution in [0.3, 0.4) is 0 Å². The molecule has 0 unspecified atom stereocenters. The molecule has 0 radical (unpaired) electrons. The molecule has 0 aliphatic carbocycles. The van der Waals surface area contributed by atoms with Crippen LogP contribution in [0.25, 0.3) is 0 Å². The maximum Gasteiger partial charge on any atom is 0.471 e. The molecule has 2 amide bonds. The lowest BCUT2D eigenvalue weighted by Crippen LogP contribution is -2.46. The van der Waals surface area contributed by atoms with Gasteiger partial charge < -0.3 is 19.5 Å². The average Bonchev–Trinajstić information content (AvgIpc) is 2.82. The van der Waals surface area contributed by atoms with Gasteiger partial charge in [0.25, 0.3) is 0 Å². The van der Waals surface area contributed by atoms with Gasteiger partial charge in [-0.25, -0.2) is 9.18 Å². The molecule has 36 heavy (non-hydrogen) atoms. The van der Waals surface area contributed by atoms with E-state index in [1.807, 2.05) is 0 Å². The van der Waals surface area contributed by atoms with E-state index in [1.54, 1.807) is 30.3 Å². The highest BCUT2D eigenvalue weighted by Crippen LogP contribution is 2.40. The Labute approximate surface area is 204 Å². The summed E-state index contributed by atoms with van der Waals surface area (Å²) in [5.74, 6) is -5.30. The molecule has 0 fully saturated rings. The fourth-order valence-electron chi connectivity index (χ4n) is 3.95. The number of rotatable bonds is 7. The minimum Gasteiger partial charge on any atom is -0.491 e. The second-order valence-electron chi connectivity index (χ2n) is 8.19. The number of halogens is 4. The monoisotopic (exact) mass is 512 g/mol. The minimum atomic E-state index is -5.43. The molecule has 0 saturated carbocycles. The number of fused-ring (bicyclic) bond motifs is 1. The Hall–Kier alpha value is -3.83. The molecule has 0 spiro atoms. The number of hydrogen-bond acceptors (Lipinski definition) is 5. The summed E-state index contributed by atoms with van der Waals surface area (Å²) < 4.78 is 66.2. The number of carbonyl (C=O) groups excluding carboxylic acids is 2. The number of amides is 2. The maximum absolute atomic E-state index is 15.9. The van der Waals surface area contributed by atoms with E-state index in [0.717, 1.165) is 17.6 Å². The van der Waals surface area contributed by atoms with Gasteiger partial charge >= 0.3 is 24.1 Å². The maximum atomic E-state index is 15.9. The molecule has 1 N–H and O–H groups in total. The van der Waals surface area contributed by atoms with Crippen molar-refractivity contribution in [2.75, 3.05) is 25.2 Å². The zero-order valence-electron chi connectivity index (χ0n) is 19.5. The number of carboxylic acid groups (broad SMARTS) is 1. The van der Waals surface area contributed by atoms with E-state index >= 15 is 4.39 Å². The topological polar surface area (TPSA) is 96.4 Å². The molecular formula is C24H24F4N2O6. The number of anilines is 1. The van der Waals surface area contributed by atoms with Crippen LogP contribution in [0.4, 0.5) is 28.0 Å². The van der Waals surface area contributed by atoms with Crippen LogP contribution in [0, 0.1) is 5.82 Å². The third-order valence-electron chi connectivity index (χ3n) is 5.78. The number of benzene rings is 2. The van der Waals surface area contributed by atoms with E-state index < -0.39 is 54.0 Å². The first kappa shape index (κ1) is 26.8. The predicted molar refractivity (Wildman–Crippen MR) is 119 cm³/mol. The number of nitrogens with zero attached hydrogens (tertiary/aromatic N) is 2. The molecule has 3 rings (SSSR count). The Morgan fingerprint density at radius 3 is 2.44 bits per heavy atom. The zero-order chi connectivity index (χ0) is 26.6. The number of alkyl halides is 3. The van der Waals surface area contributed by atoms with Gasteiger partial charge in [0, 0.05) is 19.0 Å². The first-order valence-corrected chi connectivity index (χ1v) is 10.9. The van der Waals surface area contributed by atoms with Crippen LogP contribution < -0.4 is 9.64 Å². The van der Waals surface area contributed by atoms with Crippen LogP contribution in [0.2, 0.25) is 0 Å². The normalized spacial score (nSPS) is 15.2. The van der Waals surface area contributed by atoms with Gasteiger partial charge in [-0.15, -0.1) is 0 Å². The zero-order valence-corrected chi connectivity index (χ0v) is 19.5. The Kier molecular flexibility index (Phi) is 8.06. The largest absolute Gasteiger partial charge is 0.491 e. The second-order valence-corrected chi connectivity index (χ2v) is 8.19. The van der Waals surface area contributed by atoms with Crippen molar-refractivity contribution < 1.29 is 46.5 Å². The molecule has 0 bridgehead atoms. The number of ether oxygens (including phenoxy) is 2. The number of carbonyl (C=O) groups is 3. The number of esters is 1. The summed E-state index contributed by atoms with van der Waals surface area (Å²) in [5.41, 5.74) is 0.103. The van der Waals surface area contributed by atoms with Crippen LogP contribution in [0.1, 0.15) is 23.6 Å². The molecule has 8 nitrogen and oxygen atoms in total. The quantitative estimate of drug-likeness (QED) is 0.446. The SMILES string of the molecule is COC(=O)CN(C(=O)C(F)(F)F)c1c(OCCc2ccccc2)cc2c(c1F)C[C@H](C)N(C(=O)O)C2. The summed E-state index contributed by atoms with van der Waals surface area (Å²) in [7, 11) is 0.918. The van der Waals surface area contributed by atoms with Gasteiger partial charge in [0.2, 0.25) is 0 Å². The summed E-state index contributed by atoms with van der Waals surface area (Å²) >= 11 is 0. The lowest BCUT2D eigenvalue weighted by molar-refractivity contribution is -0.171. The van der Waals surface area contributed by atoms with Crippen LogP contribution in [-0.2, 0) is 33.7 Å². The Morgan fingerprint density at radius 1 is 1.19 bits per heavy atom. The molecule has 12 heteroatoms. The van der Waals surface area contributed by atoms with Crippen LogP contribution >= 0.6 is 0 Å². The van der Waals surface area contributed by atoms with E-state index in [4.69, 9.17) is 4.74 Å². The van der Waals surface area contributed by atoms with Crippen molar-refractivity contribution in [1.82, 2.24) is 4.90 Å². The fourth-order valence-corrected chi connectivity index (χ4v) is 3.95. The molecule has 1 aliphatic heterocycles. The fraction of sp³-hybridized carbons (Fsp3) is 0.375. The van der Waals surface area contributed by atoms with Crippen molar-refractivity contribution in [2.45, 2.75) is 38.5 Å². The average molecular weight is 512 g/mol. The first-order chi connectivity index (χ1) is 16.9. The van der Waals surface area contributed by atoms with Gasteiger partial charge in [0.15, 0.2) is 5.82 Å². The summed E-state index contributed by atoms with van der Waals surface area (Å²) in [6.07, 6.45) is -6.52. The lowest BCUT2D eigenvalue weighted by Gasteiger charge is -2.35. The highest BCUT2D eigenvalue weighted by molar-refractivity contribution is 6.02. The first-order valence-electron chi connectivity index (χ1n) is 10.9. The summed E-state index contributed by atoms with van der Waals surface area (Å²) in [5, 5.41) is 9.44. The van der Waals surface area contributed by atoms with Gasteiger partial charge in [0.1, 0.15) is 18.0 Å². The van der Waals surface area contributed by atoms with Crippen LogP contribution in [-0.4, -0.2) is 60.5 Å². The number of methoxy groups -OCH3 is 1. The van der Waals surface area contributed by atoms with Gasteiger partial charge in [-0.1, -0.05) is 30.3 Å². The lowest BCUT2D eigenvalue weighted by atomic mass is 9.93. The molecule has 2 aromatic carbocycles. The van der Waals surface area contributed by atoms with Gasteiger partial charge in [0.05, 0.1) is 13.7 Å². The number of hydrogen-bond donors (Lipinski definition) is 1. The van der Waals surface area contributed by atoms with E-state index in [-0.39, 0.29) is 35.6 Å². The van der Waals surface area contributed by atoms with Gasteiger partial charge in [-0.3, -0.25) is 14.5 Å². The van der Waals surface area contributed by atoms with Crippen molar-refractivity contribution in [1.29, 1.82) is 0 Å². The Balaban J connectivity index is 2.10. The molecule has 0 aromatic heterocycles. The smallest absolute Gasteiger partial charge is 0.471 e. The summed E-state index contributed by atoms with van der Waals surface area (Å²) in [4.78, 5) is 36.7. The van der Waals surface area contributed by atoms with E-state index in [9.17, 15) is 32.7 Å².